The van der Waals surface area contributed by atoms with E-state index in [1.165, 1.54) is 19.2 Å². The number of aryl methyl sites for hydroxylation is 1. The van der Waals surface area contributed by atoms with Gasteiger partial charge in [-0.05, 0) is 25.1 Å². The molecule has 178 valence electrons. The standard InChI is InChI=1S/C22H25F3N4O4/c1-13-27-17-9-18(32-4)19(33-15(11-30-2)12-31-3)8-16(17)21(28-13)26-10-14-6-5-7-20(29-14)22(23,24)25/h5-9,15H,10-12H2,1-4H3,(H,26,27,28). The highest BCUT2D eigenvalue weighted by molar-refractivity contribution is 5.91. The van der Waals surface area contributed by atoms with E-state index in [1.807, 2.05) is 0 Å². The first-order valence-corrected chi connectivity index (χ1v) is 10.0. The number of hydrogen-bond acceptors (Lipinski definition) is 8. The number of anilines is 1. The average molecular weight is 466 g/mol. The van der Waals surface area contributed by atoms with Crippen LogP contribution in [0.2, 0.25) is 0 Å². The van der Waals surface area contributed by atoms with E-state index in [4.69, 9.17) is 18.9 Å². The Balaban J connectivity index is 1.94. The molecule has 2 aromatic heterocycles. The summed E-state index contributed by atoms with van der Waals surface area (Å²) >= 11 is 0. The largest absolute Gasteiger partial charge is 0.493 e. The van der Waals surface area contributed by atoms with E-state index in [9.17, 15) is 13.2 Å². The number of aromatic nitrogens is 3. The van der Waals surface area contributed by atoms with Crippen molar-refractivity contribution in [2.75, 3.05) is 39.9 Å². The second-order valence-electron chi connectivity index (χ2n) is 7.16. The Hall–Kier alpha value is -3.18. The molecule has 0 atom stereocenters. The Bertz CT molecular complexity index is 1090. The Morgan fingerprint density at radius 1 is 0.970 bits per heavy atom. The molecule has 0 aliphatic heterocycles. The molecule has 33 heavy (non-hydrogen) atoms. The van der Waals surface area contributed by atoms with Gasteiger partial charge in [0.25, 0.3) is 0 Å². The van der Waals surface area contributed by atoms with Crippen molar-refractivity contribution in [3.8, 4) is 11.5 Å². The lowest BCUT2D eigenvalue weighted by atomic mass is 10.2. The third-order valence-corrected chi connectivity index (χ3v) is 4.63. The van der Waals surface area contributed by atoms with Crippen LogP contribution in [-0.4, -0.2) is 55.6 Å². The average Bonchev–Trinajstić information content (AvgIpc) is 2.77. The van der Waals surface area contributed by atoms with Crippen LogP contribution in [0.1, 0.15) is 17.2 Å². The molecule has 0 spiro atoms. The maximum atomic E-state index is 13.0. The Kier molecular flexibility index (Phi) is 7.88. The van der Waals surface area contributed by atoms with E-state index in [-0.39, 0.29) is 18.3 Å². The molecule has 0 aliphatic carbocycles. The van der Waals surface area contributed by atoms with Gasteiger partial charge in [0.2, 0.25) is 0 Å². The lowest BCUT2D eigenvalue weighted by molar-refractivity contribution is -0.141. The number of pyridine rings is 1. The van der Waals surface area contributed by atoms with Crippen LogP contribution in [0.25, 0.3) is 10.9 Å². The van der Waals surface area contributed by atoms with Crippen molar-refractivity contribution < 1.29 is 32.1 Å². The van der Waals surface area contributed by atoms with Gasteiger partial charge in [-0.25, -0.2) is 15.0 Å². The van der Waals surface area contributed by atoms with Crippen molar-refractivity contribution in [3.05, 3.63) is 47.5 Å². The number of alkyl halides is 3. The van der Waals surface area contributed by atoms with Crippen LogP contribution < -0.4 is 14.8 Å². The molecule has 0 aliphatic rings. The molecule has 3 aromatic rings. The first kappa shape index (κ1) is 24.5. The second kappa shape index (κ2) is 10.6. The Morgan fingerprint density at radius 3 is 2.33 bits per heavy atom. The Morgan fingerprint density at radius 2 is 1.70 bits per heavy atom. The molecule has 2 heterocycles. The molecular formula is C22H25F3N4O4. The first-order valence-electron chi connectivity index (χ1n) is 10.0. The Labute approximate surface area is 189 Å². The molecule has 0 radical (unpaired) electrons. The van der Waals surface area contributed by atoms with E-state index in [2.05, 4.69) is 20.3 Å². The lowest BCUT2D eigenvalue weighted by Gasteiger charge is -2.20. The van der Waals surface area contributed by atoms with Gasteiger partial charge in [-0.1, -0.05) is 6.07 Å². The van der Waals surface area contributed by atoms with Gasteiger partial charge in [-0.2, -0.15) is 13.2 Å². The molecule has 0 bridgehead atoms. The van der Waals surface area contributed by atoms with Crippen LogP contribution in [-0.2, 0) is 22.2 Å². The normalized spacial score (nSPS) is 11.8. The summed E-state index contributed by atoms with van der Waals surface area (Å²) in [4.78, 5) is 12.5. The fourth-order valence-corrected chi connectivity index (χ4v) is 3.22. The molecule has 0 fully saturated rings. The zero-order valence-corrected chi connectivity index (χ0v) is 18.7. The minimum Gasteiger partial charge on any atom is -0.493 e. The number of nitrogens with one attached hydrogen (secondary N) is 1. The van der Waals surface area contributed by atoms with Crippen LogP contribution in [0.4, 0.5) is 19.0 Å². The predicted molar refractivity (Wildman–Crippen MR) is 116 cm³/mol. The number of methoxy groups -OCH3 is 3. The molecule has 0 amide bonds. The minimum atomic E-state index is -4.52. The van der Waals surface area contributed by atoms with Gasteiger partial charge in [-0.15, -0.1) is 0 Å². The van der Waals surface area contributed by atoms with Crippen LogP contribution in [0.5, 0.6) is 11.5 Å². The predicted octanol–water partition coefficient (Wildman–Crippen LogP) is 4.01. The summed E-state index contributed by atoms with van der Waals surface area (Å²) in [5.41, 5.74) is -0.144. The van der Waals surface area contributed by atoms with Crippen LogP contribution in [0, 0.1) is 6.92 Å². The lowest BCUT2D eigenvalue weighted by Crippen LogP contribution is -2.27. The van der Waals surface area contributed by atoms with Crippen molar-refractivity contribution in [2.24, 2.45) is 0 Å². The summed E-state index contributed by atoms with van der Waals surface area (Å²) in [6.45, 7) is 2.35. The van der Waals surface area contributed by atoms with Gasteiger partial charge in [-0.3, -0.25) is 0 Å². The van der Waals surface area contributed by atoms with E-state index in [0.717, 1.165) is 6.07 Å². The molecule has 0 saturated carbocycles. The monoisotopic (exact) mass is 466 g/mol. The first-order chi connectivity index (χ1) is 15.7. The van der Waals surface area contributed by atoms with Gasteiger partial charge >= 0.3 is 6.18 Å². The number of nitrogens with zero attached hydrogens (tertiary/aromatic N) is 3. The van der Waals surface area contributed by atoms with Crippen molar-refractivity contribution in [3.63, 3.8) is 0 Å². The third kappa shape index (κ3) is 6.20. The van der Waals surface area contributed by atoms with Crippen molar-refractivity contribution in [1.29, 1.82) is 0 Å². The van der Waals surface area contributed by atoms with Crippen molar-refractivity contribution >= 4 is 16.7 Å². The summed E-state index contributed by atoms with van der Waals surface area (Å²) in [5.74, 6) is 1.80. The highest BCUT2D eigenvalue weighted by atomic mass is 19.4. The quantitative estimate of drug-likeness (QED) is 0.480. The van der Waals surface area contributed by atoms with E-state index in [0.29, 0.717) is 47.3 Å². The van der Waals surface area contributed by atoms with Crippen molar-refractivity contribution in [2.45, 2.75) is 25.7 Å². The molecule has 1 N–H and O–H groups in total. The maximum Gasteiger partial charge on any atom is 0.433 e. The third-order valence-electron chi connectivity index (χ3n) is 4.63. The minimum absolute atomic E-state index is 0.0354. The SMILES string of the molecule is COCC(COC)Oc1cc2c(NCc3cccc(C(F)(F)F)n3)nc(C)nc2cc1OC. The summed E-state index contributed by atoms with van der Waals surface area (Å²) in [5, 5.41) is 3.67. The van der Waals surface area contributed by atoms with Gasteiger partial charge in [0.1, 0.15) is 23.4 Å². The summed E-state index contributed by atoms with van der Waals surface area (Å²) in [7, 11) is 4.64. The number of ether oxygens (including phenoxy) is 4. The van der Waals surface area contributed by atoms with Crippen molar-refractivity contribution in [1.82, 2.24) is 15.0 Å². The summed E-state index contributed by atoms with van der Waals surface area (Å²) in [6.07, 6.45) is -4.90. The van der Waals surface area contributed by atoms with E-state index in [1.54, 1.807) is 33.3 Å². The smallest absolute Gasteiger partial charge is 0.433 e. The number of rotatable bonds is 10. The van der Waals surface area contributed by atoms with Crippen LogP contribution >= 0.6 is 0 Å². The topological polar surface area (TPSA) is 87.6 Å². The number of fused-ring (bicyclic) bond motifs is 1. The molecule has 8 nitrogen and oxygen atoms in total. The maximum absolute atomic E-state index is 13.0. The second-order valence-corrected chi connectivity index (χ2v) is 7.16. The van der Waals surface area contributed by atoms with Gasteiger partial charge in [0, 0.05) is 25.7 Å². The molecule has 11 heteroatoms. The molecule has 3 rings (SSSR count). The van der Waals surface area contributed by atoms with Gasteiger partial charge < -0.3 is 24.3 Å². The summed E-state index contributed by atoms with van der Waals surface area (Å²) in [6, 6.07) is 7.19. The van der Waals surface area contributed by atoms with E-state index < -0.39 is 11.9 Å². The molecule has 0 saturated heterocycles. The molecule has 0 unspecified atom stereocenters. The van der Waals surface area contributed by atoms with Crippen LogP contribution in [0.3, 0.4) is 0 Å². The highest BCUT2D eigenvalue weighted by Crippen LogP contribution is 2.35. The fraction of sp³-hybridized carbons (Fsp3) is 0.409. The zero-order valence-electron chi connectivity index (χ0n) is 18.7. The van der Waals surface area contributed by atoms with Crippen LogP contribution in [0.15, 0.2) is 30.3 Å². The van der Waals surface area contributed by atoms with Gasteiger partial charge in [0.15, 0.2) is 11.5 Å². The van der Waals surface area contributed by atoms with E-state index >= 15 is 0 Å². The fourth-order valence-electron chi connectivity index (χ4n) is 3.22. The zero-order chi connectivity index (χ0) is 24.0. The molecule has 1 aromatic carbocycles. The number of hydrogen-bond donors (Lipinski definition) is 1. The summed E-state index contributed by atoms with van der Waals surface area (Å²) < 4.78 is 60.8. The molecular weight excluding hydrogens is 441 g/mol. The highest BCUT2D eigenvalue weighted by Gasteiger charge is 2.32. The number of benzene rings is 1. The number of halogens is 3. The van der Waals surface area contributed by atoms with Gasteiger partial charge in [0.05, 0.1) is 38.1 Å².